The maximum Gasteiger partial charge on any atom is 0.243 e. The third-order valence-electron chi connectivity index (χ3n) is 3.93. The molecule has 1 aliphatic rings. The first-order chi connectivity index (χ1) is 11.0. The van der Waals surface area contributed by atoms with Gasteiger partial charge in [-0.3, -0.25) is 4.68 Å². The molecule has 6 nitrogen and oxygen atoms in total. The lowest BCUT2D eigenvalue weighted by atomic mass is 9.97. The smallest absolute Gasteiger partial charge is 0.243 e. The minimum absolute atomic E-state index is 0.125. The number of para-hydroxylation sites is 1. The van der Waals surface area contributed by atoms with Crippen molar-refractivity contribution in [3.63, 3.8) is 0 Å². The van der Waals surface area contributed by atoms with Crippen LogP contribution in [0.15, 0.2) is 41.6 Å². The zero-order valence-electron chi connectivity index (χ0n) is 13.3. The second-order valence-corrected chi connectivity index (χ2v) is 7.86. The highest BCUT2D eigenvalue weighted by atomic mass is 32.2. The standard InChI is InChI=1S/C16H21N3O3S/c1-12(2)19-10-15(9-17-19)23(20,21)18-8-13-7-14-5-3-4-6-16(14)22-11-13/h3-6,9-10,12-13,18H,7-8,11H2,1-2H3/t13-/m1/s1. The second kappa shape index (κ2) is 6.33. The van der Waals surface area contributed by atoms with E-state index in [1.165, 1.54) is 6.20 Å². The Hall–Kier alpha value is -1.86. The maximum absolute atomic E-state index is 12.4. The summed E-state index contributed by atoms with van der Waals surface area (Å²) in [5.74, 6) is 1.02. The molecule has 1 aromatic heterocycles. The molecule has 1 aromatic carbocycles. The molecule has 0 amide bonds. The second-order valence-electron chi connectivity index (χ2n) is 6.09. The number of hydrogen-bond donors (Lipinski definition) is 1. The molecule has 0 saturated carbocycles. The molecular formula is C16H21N3O3S. The summed E-state index contributed by atoms with van der Waals surface area (Å²) in [5, 5.41) is 4.08. The van der Waals surface area contributed by atoms with E-state index in [4.69, 9.17) is 4.74 Å². The summed E-state index contributed by atoms with van der Waals surface area (Å²) in [6.45, 7) is 4.77. The first kappa shape index (κ1) is 16.0. The summed E-state index contributed by atoms with van der Waals surface area (Å²) in [4.78, 5) is 0.198. The average Bonchev–Trinajstić information content (AvgIpc) is 3.04. The highest BCUT2D eigenvalue weighted by Crippen LogP contribution is 2.26. The van der Waals surface area contributed by atoms with Gasteiger partial charge < -0.3 is 4.74 Å². The van der Waals surface area contributed by atoms with Gasteiger partial charge >= 0.3 is 0 Å². The number of sulfonamides is 1. The van der Waals surface area contributed by atoms with Gasteiger partial charge in [0.05, 0.1) is 12.8 Å². The Morgan fingerprint density at radius 2 is 2.17 bits per heavy atom. The molecule has 124 valence electrons. The molecule has 7 heteroatoms. The molecule has 1 N–H and O–H groups in total. The minimum Gasteiger partial charge on any atom is -0.493 e. The van der Waals surface area contributed by atoms with Crippen LogP contribution < -0.4 is 9.46 Å². The van der Waals surface area contributed by atoms with Crippen molar-refractivity contribution in [3.05, 3.63) is 42.2 Å². The Balaban J connectivity index is 1.63. The Labute approximate surface area is 136 Å². The summed E-state index contributed by atoms with van der Waals surface area (Å²) in [5.41, 5.74) is 1.12. The topological polar surface area (TPSA) is 73.2 Å². The Kier molecular flexibility index (Phi) is 4.41. The molecular weight excluding hydrogens is 314 g/mol. The van der Waals surface area contributed by atoms with E-state index in [2.05, 4.69) is 9.82 Å². The van der Waals surface area contributed by atoms with E-state index in [0.717, 1.165) is 17.7 Å². The fourth-order valence-corrected chi connectivity index (χ4v) is 3.63. The van der Waals surface area contributed by atoms with Crippen LogP contribution in [-0.4, -0.2) is 31.3 Å². The molecule has 1 atom stereocenters. The summed E-state index contributed by atoms with van der Waals surface area (Å²) >= 11 is 0. The van der Waals surface area contributed by atoms with Gasteiger partial charge in [-0.2, -0.15) is 5.10 Å². The summed E-state index contributed by atoms with van der Waals surface area (Å²) < 4.78 is 34.7. The van der Waals surface area contributed by atoms with Crippen LogP contribution in [-0.2, 0) is 16.4 Å². The Morgan fingerprint density at radius 1 is 1.39 bits per heavy atom. The molecule has 23 heavy (non-hydrogen) atoms. The lowest BCUT2D eigenvalue weighted by Gasteiger charge is -2.25. The lowest BCUT2D eigenvalue weighted by Crippen LogP contribution is -2.34. The third kappa shape index (κ3) is 3.56. The van der Waals surface area contributed by atoms with Gasteiger partial charge in [-0.1, -0.05) is 18.2 Å². The molecule has 0 radical (unpaired) electrons. The normalized spacial score (nSPS) is 17.8. The third-order valence-corrected chi connectivity index (χ3v) is 5.31. The maximum atomic E-state index is 12.4. The van der Waals surface area contributed by atoms with E-state index in [9.17, 15) is 8.42 Å². The molecule has 3 rings (SSSR count). The SMILES string of the molecule is CC(C)n1cc(S(=O)(=O)NC[C@@H]2COc3ccccc3C2)cn1. The summed E-state index contributed by atoms with van der Waals surface area (Å²) in [6, 6.07) is 7.99. The summed E-state index contributed by atoms with van der Waals surface area (Å²) in [6.07, 6.45) is 3.75. The van der Waals surface area contributed by atoms with Gasteiger partial charge in [0.1, 0.15) is 10.6 Å². The fourth-order valence-electron chi connectivity index (χ4n) is 2.57. The largest absolute Gasteiger partial charge is 0.493 e. The highest BCUT2D eigenvalue weighted by molar-refractivity contribution is 7.89. The fraction of sp³-hybridized carbons (Fsp3) is 0.438. The monoisotopic (exact) mass is 335 g/mol. The number of ether oxygens (including phenoxy) is 1. The number of benzene rings is 1. The van der Waals surface area contributed by atoms with Crippen molar-refractivity contribution in [2.45, 2.75) is 31.2 Å². The molecule has 0 saturated heterocycles. The van der Waals surface area contributed by atoms with Gasteiger partial charge in [-0.15, -0.1) is 0 Å². The van der Waals surface area contributed by atoms with Crippen LogP contribution in [0.4, 0.5) is 0 Å². The van der Waals surface area contributed by atoms with Crippen molar-refractivity contribution < 1.29 is 13.2 Å². The van der Waals surface area contributed by atoms with Crippen LogP contribution >= 0.6 is 0 Å². The molecule has 2 aromatic rings. The van der Waals surface area contributed by atoms with E-state index in [1.807, 2.05) is 38.1 Å². The zero-order chi connectivity index (χ0) is 16.4. The molecule has 2 heterocycles. The molecule has 0 fully saturated rings. The van der Waals surface area contributed by atoms with Crippen molar-refractivity contribution in [3.8, 4) is 5.75 Å². The van der Waals surface area contributed by atoms with Crippen LogP contribution in [0.3, 0.4) is 0 Å². The highest BCUT2D eigenvalue weighted by Gasteiger charge is 2.23. The van der Waals surface area contributed by atoms with E-state index >= 15 is 0 Å². The van der Waals surface area contributed by atoms with Crippen molar-refractivity contribution in [1.82, 2.24) is 14.5 Å². The van der Waals surface area contributed by atoms with Gasteiger partial charge in [0.15, 0.2) is 0 Å². The van der Waals surface area contributed by atoms with Gasteiger partial charge in [0, 0.05) is 24.7 Å². The summed E-state index contributed by atoms with van der Waals surface area (Å²) in [7, 11) is -3.54. The minimum atomic E-state index is -3.54. The zero-order valence-corrected chi connectivity index (χ0v) is 14.1. The number of aromatic nitrogens is 2. The molecule has 0 bridgehead atoms. The average molecular weight is 335 g/mol. The van der Waals surface area contributed by atoms with E-state index in [-0.39, 0.29) is 16.9 Å². The van der Waals surface area contributed by atoms with Gasteiger partial charge in [-0.25, -0.2) is 13.1 Å². The van der Waals surface area contributed by atoms with Crippen molar-refractivity contribution in [2.75, 3.05) is 13.2 Å². The molecule has 0 spiro atoms. The van der Waals surface area contributed by atoms with Crippen molar-refractivity contribution >= 4 is 10.0 Å². The van der Waals surface area contributed by atoms with Crippen molar-refractivity contribution in [2.24, 2.45) is 5.92 Å². The number of hydrogen-bond acceptors (Lipinski definition) is 4. The van der Waals surface area contributed by atoms with Crippen LogP contribution in [0.2, 0.25) is 0 Å². The first-order valence-corrected chi connectivity index (χ1v) is 9.18. The Bertz CT molecular complexity index is 783. The predicted molar refractivity (Wildman–Crippen MR) is 86.9 cm³/mol. The molecule has 0 aliphatic carbocycles. The van der Waals surface area contributed by atoms with Crippen LogP contribution in [0.1, 0.15) is 25.5 Å². The first-order valence-electron chi connectivity index (χ1n) is 7.70. The van der Waals surface area contributed by atoms with E-state index in [1.54, 1.807) is 10.9 Å². The van der Waals surface area contributed by atoms with E-state index in [0.29, 0.717) is 13.2 Å². The Morgan fingerprint density at radius 3 is 2.91 bits per heavy atom. The van der Waals surface area contributed by atoms with E-state index < -0.39 is 10.0 Å². The lowest BCUT2D eigenvalue weighted by molar-refractivity contribution is 0.223. The van der Waals surface area contributed by atoms with Gasteiger partial charge in [-0.05, 0) is 31.9 Å². The van der Waals surface area contributed by atoms with Crippen LogP contribution in [0.25, 0.3) is 0 Å². The number of nitrogens with one attached hydrogen (secondary N) is 1. The number of nitrogens with zero attached hydrogens (tertiary/aromatic N) is 2. The van der Waals surface area contributed by atoms with Gasteiger partial charge in [0.2, 0.25) is 10.0 Å². The quantitative estimate of drug-likeness (QED) is 0.907. The van der Waals surface area contributed by atoms with Crippen LogP contribution in [0.5, 0.6) is 5.75 Å². The molecule has 0 unspecified atom stereocenters. The number of fused-ring (bicyclic) bond motifs is 1. The molecule has 1 aliphatic heterocycles. The van der Waals surface area contributed by atoms with Crippen LogP contribution in [0, 0.1) is 5.92 Å². The van der Waals surface area contributed by atoms with Crippen molar-refractivity contribution in [1.29, 1.82) is 0 Å². The predicted octanol–water partition coefficient (Wildman–Crippen LogP) is 1.99. The van der Waals surface area contributed by atoms with Gasteiger partial charge in [0.25, 0.3) is 0 Å². The number of rotatable bonds is 5.